The molecule has 102 valence electrons. The lowest BCUT2D eigenvalue weighted by Gasteiger charge is -2.13. The number of carboxylic acid groups (broad SMARTS) is 1. The van der Waals surface area contributed by atoms with Gasteiger partial charge in [0.1, 0.15) is 12.6 Å². The highest BCUT2D eigenvalue weighted by Crippen LogP contribution is 1.82. The molecule has 0 aromatic heterocycles. The second-order valence-corrected chi connectivity index (χ2v) is 3.59. The second-order valence-electron chi connectivity index (χ2n) is 3.27. The number of rotatable bonds is 7. The van der Waals surface area contributed by atoms with E-state index < -0.39 is 42.8 Å². The second kappa shape index (κ2) is 8.34. The van der Waals surface area contributed by atoms with Crippen molar-refractivity contribution in [2.45, 2.75) is 13.0 Å². The maximum Gasteiger partial charge on any atom is 0.322 e. The number of carboxylic acids is 1. The van der Waals surface area contributed by atoms with Crippen LogP contribution in [0.3, 0.4) is 0 Å². The molecule has 0 aromatic carbocycles. The van der Waals surface area contributed by atoms with Crippen molar-refractivity contribution in [1.29, 1.82) is 0 Å². The largest absolute Gasteiger partial charge is 0.480 e. The highest BCUT2D eigenvalue weighted by Gasteiger charge is 2.16. The monoisotopic (exact) mass is 278 g/mol. The fourth-order valence-corrected chi connectivity index (χ4v) is 0.978. The minimum absolute atomic E-state index is 0.203. The lowest BCUT2D eigenvalue weighted by Crippen LogP contribution is -2.48. The number of hydrogen-bond acceptors (Lipinski definition) is 5. The van der Waals surface area contributed by atoms with Gasteiger partial charge in [-0.2, -0.15) is 12.6 Å². The molecule has 9 heteroatoms. The van der Waals surface area contributed by atoms with Crippen molar-refractivity contribution in [2.24, 2.45) is 0 Å². The average molecular weight is 278 g/mol. The first kappa shape index (κ1) is 14.3. The highest BCUT2D eigenvalue weighted by atomic mass is 32.1. The number of carbonyl (C=O) groups excluding carboxylic acids is 3. The Labute approximate surface area is 110 Å². The molecule has 0 fully saturated rings. The maximum absolute atomic E-state index is 11.4. The fourth-order valence-electron chi connectivity index (χ4n) is 0.878. The van der Waals surface area contributed by atoms with Gasteiger partial charge in [-0.3, -0.25) is 19.2 Å². The number of amides is 3. The van der Waals surface area contributed by atoms with Gasteiger partial charge in [0.15, 0.2) is 1.41 Å². The van der Waals surface area contributed by atoms with Gasteiger partial charge >= 0.3 is 5.97 Å². The van der Waals surface area contributed by atoms with Gasteiger partial charge in [-0.25, -0.2) is 0 Å². The molecule has 0 aliphatic rings. The third-order valence-corrected chi connectivity index (χ3v) is 1.99. The molecule has 0 bridgehead atoms. The third-order valence-electron chi connectivity index (χ3n) is 1.72. The van der Waals surface area contributed by atoms with Crippen LogP contribution in [0.25, 0.3) is 0 Å². The van der Waals surface area contributed by atoms with Crippen LogP contribution >= 0.6 is 12.6 Å². The summed E-state index contributed by atoms with van der Waals surface area (Å²) in [4.78, 5) is 43.9. The van der Waals surface area contributed by atoms with E-state index in [0.29, 0.717) is 5.31 Å². The molecule has 0 heterocycles. The fraction of sp³-hybridized carbons (Fsp3) is 0.556. The summed E-state index contributed by atoms with van der Waals surface area (Å²) in [5, 5.41) is 13.1. The van der Waals surface area contributed by atoms with E-state index in [4.69, 9.17) is 6.52 Å². The summed E-state index contributed by atoms with van der Waals surface area (Å²) in [6.45, 7) is 0.265. The van der Waals surface area contributed by atoms with Crippen LogP contribution in [0.5, 0.6) is 0 Å². The molecule has 0 saturated heterocycles. The number of hydrogen-bond donors (Lipinski definition) is 5. The average Bonchev–Trinajstić information content (AvgIpc) is 2.34. The molecule has 0 aliphatic heterocycles. The molecule has 0 radical (unpaired) electrons. The SMILES string of the molecule is [2H]N(CC(=O)N[C@@H](C)C(=O)NCC(=O)O)C(=O)CS. The van der Waals surface area contributed by atoms with Gasteiger partial charge in [0.05, 0.1) is 12.3 Å². The molecule has 0 aromatic rings. The van der Waals surface area contributed by atoms with Crippen molar-refractivity contribution in [1.82, 2.24) is 15.9 Å². The van der Waals surface area contributed by atoms with Crippen LogP contribution in [-0.4, -0.2) is 53.7 Å². The molecule has 0 saturated carbocycles. The maximum atomic E-state index is 11.4. The summed E-state index contributed by atoms with van der Waals surface area (Å²) in [6.07, 6.45) is 0. The summed E-state index contributed by atoms with van der Waals surface area (Å²) in [7, 11) is 0. The molecule has 1 atom stereocenters. The molecule has 0 aliphatic carbocycles. The van der Waals surface area contributed by atoms with Gasteiger partial charge < -0.3 is 21.0 Å². The third kappa shape index (κ3) is 7.49. The Balaban J connectivity index is 4.14. The first-order valence-corrected chi connectivity index (χ1v) is 5.60. The van der Waals surface area contributed by atoms with Crippen LogP contribution in [0.2, 0.25) is 1.41 Å². The highest BCUT2D eigenvalue weighted by molar-refractivity contribution is 7.81. The summed E-state index contributed by atoms with van der Waals surface area (Å²) in [6, 6.07) is -0.966. The minimum Gasteiger partial charge on any atom is -0.480 e. The lowest BCUT2D eigenvalue weighted by molar-refractivity contribution is -0.138. The van der Waals surface area contributed by atoms with Crippen LogP contribution in [0, 0.1) is 0 Å². The molecule has 8 nitrogen and oxygen atoms in total. The lowest BCUT2D eigenvalue weighted by atomic mass is 10.3. The van der Waals surface area contributed by atoms with Crippen LogP contribution in [0.15, 0.2) is 0 Å². The predicted molar refractivity (Wildman–Crippen MR) is 65.1 cm³/mol. The van der Waals surface area contributed by atoms with Gasteiger partial charge in [0.25, 0.3) is 0 Å². The van der Waals surface area contributed by atoms with E-state index in [0.717, 1.165) is 0 Å². The van der Waals surface area contributed by atoms with Gasteiger partial charge in [0, 0.05) is 0 Å². The summed E-state index contributed by atoms with van der Waals surface area (Å²) >= 11 is 3.66. The Morgan fingerprint density at radius 3 is 2.39 bits per heavy atom. The van der Waals surface area contributed by atoms with Gasteiger partial charge in [-0.15, -0.1) is 0 Å². The zero-order valence-corrected chi connectivity index (χ0v) is 10.6. The van der Waals surface area contributed by atoms with Crippen molar-refractivity contribution in [3.63, 3.8) is 0 Å². The Hall–Kier alpha value is -1.77. The zero-order valence-electron chi connectivity index (χ0n) is 10.7. The molecule has 3 amide bonds. The van der Waals surface area contributed by atoms with E-state index in [1.54, 1.807) is 0 Å². The van der Waals surface area contributed by atoms with Gasteiger partial charge in [-0.1, -0.05) is 0 Å². The molecular weight excluding hydrogens is 262 g/mol. The standard InChI is InChI=1S/C9H15N3O5S/c1-5(9(17)11-3-8(15)16)12-6(13)2-10-7(14)4-18/h5,18H,2-4H2,1H3,(H,10,14)(H,11,17)(H,12,13)(H,15,16)/t5-/m0/s1/i/hD. The summed E-state index contributed by atoms with van der Waals surface area (Å²) < 4.78 is 7.19. The molecular formula is C9H15N3O5S. The van der Waals surface area contributed by atoms with Crippen LogP contribution in [0.4, 0.5) is 0 Å². The minimum atomic E-state index is -1.21. The Morgan fingerprint density at radius 2 is 1.89 bits per heavy atom. The molecule has 4 N–H and O–H groups in total. The smallest absolute Gasteiger partial charge is 0.322 e. The van der Waals surface area contributed by atoms with Gasteiger partial charge in [-0.05, 0) is 6.92 Å². The van der Waals surface area contributed by atoms with Crippen LogP contribution in [-0.2, 0) is 19.2 Å². The van der Waals surface area contributed by atoms with Crippen molar-refractivity contribution in [3.05, 3.63) is 0 Å². The normalized spacial score (nSPS) is 12.0. The molecule has 0 rings (SSSR count). The molecule has 0 unspecified atom stereocenters. The summed E-state index contributed by atoms with van der Waals surface area (Å²) in [5.41, 5.74) is 0. The Kier molecular flexibility index (Phi) is 6.62. The van der Waals surface area contributed by atoms with Crippen LogP contribution < -0.4 is 15.9 Å². The van der Waals surface area contributed by atoms with E-state index in [2.05, 4.69) is 23.3 Å². The number of thiol groups is 1. The van der Waals surface area contributed by atoms with E-state index in [1.165, 1.54) is 6.92 Å². The number of aliphatic carboxylic acids is 1. The summed E-state index contributed by atoms with van der Waals surface area (Å²) in [5.74, 6) is -3.44. The van der Waals surface area contributed by atoms with Crippen molar-refractivity contribution in [2.75, 3.05) is 18.8 Å². The zero-order chi connectivity index (χ0) is 15.0. The first-order valence-electron chi connectivity index (χ1n) is 5.41. The van der Waals surface area contributed by atoms with Crippen molar-refractivity contribution < 1.29 is 25.7 Å². The number of carbonyl (C=O) groups is 4. The van der Waals surface area contributed by atoms with E-state index in [9.17, 15) is 19.2 Å². The molecule has 18 heavy (non-hydrogen) atoms. The van der Waals surface area contributed by atoms with Crippen molar-refractivity contribution in [3.8, 4) is 0 Å². The first-order chi connectivity index (χ1) is 8.77. The molecule has 0 spiro atoms. The topological polar surface area (TPSA) is 125 Å². The Bertz CT molecular complexity index is 379. The number of nitrogens with one attached hydrogen (secondary N) is 3. The van der Waals surface area contributed by atoms with Crippen molar-refractivity contribution >= 4 is 36.3 Å². The van der Waals surface area contributed by atoms with E-state index in [-0.39, 0.29) is 5.75 Å². The Morgan fingerprint density at radius 1 is 1.28 bits per heavy atom. The quantitative estimate of drug-likeness (QED) is 0.336. The predicted octanol–water partition coefficient (Wildman–Crippen LogP) is -2.26. The van der Waals surface area contributed by atoms with Crippen LogP contribution in [0.1, 0.15) is 6.92 Å². The van der Waals surface area contributed by atoms with Gasteiger partial charge in [0.2, 0.25) is 17.7 Å². The van der Waals surface area contributed by atoms with E-state index >= 15 is 0 Å². The van der Waals surface area contributed by atoms with E-state index in [1.807, 2.05) is 0 Å².